The fraction of sp³-hybridized carbons (Fsp3) is 0.765. The molecule has 1 aliphatic heterocycles. The lowest BCUT2D eigenvalue weighted by molar-refractivity contribution is 0.0690. The minimum Gasteiger partial charge on any atom is -0.338 e. The monoisotopic (exact) mass is 395 g/mol. The van der Waals surface area contributed by atoms with Crippen LogP contribution in [0.3, 0.4) is 0 Å². The van der Waals surface area contributed by atoms with E-state index in [0.717, 1.165) is 60.4 Å². The second kappa shape index (κ2) is 11.3. The number of hydrogen-bond acceptors (Lipinski definition) is 4. The number of hydrogen-bond donors (Lipinski definition) is 1. The van der Waals surface area contributed by atoms with Crippen LogP contribution in [0.25, 0.3) is 0 Å². The molecule has 2 rings (SSSR count). The molecular weight excluding hydrogens is 365 g/mol. The number of piperidine rings is 1. The Morgan fingerprint density at radius 3 is 2.50 bits per heavy atom. The summed E-state index contributed by atoms with van der Waals surface area (Å²) in [6.07, 6.45) is 4.37. The van der Waals surface area contributed by atoms with Gasteiger partial charge in [-0.05, 0) is 58.0 Å². The molecule has 1 amide bonds. The summed E-state index contributed by atoms with van der Waals surface area (Å²) in [5, 5.41) is 4.22. The van der Waals surface area contributed by atoms with E-state index in [2.05, 4.69) is 24.1 Å². The lowest BCUT2D eigenvalue weighted by atomic mass is 9.93. The van der Waals surface area contributed by atoms with E-state index in [1.165, 1.54) is 6.42 Å². The Labute approximate surface area is 162 Å². The molecule has 0 aromatic carbocycles. The van der Waals surface area contributed by atoms with Gasteiger partial charge in [-0.1, -0.05) is 13.8 Å². The van der Waals surface area contributed by atoms with Crippen LogP contribution in [0.4, 0.5) is 0 Å². The maximum absolute atomic E-state index is 12.8. The molecule has 1 fully saturated rings. The van der Waals surface area contributed by atoms with Gasteiger partial charge in [0.05, 0.1) is 10.7 Å². The largest absolute Gasteiger partial charge is 0.338 e. The Morgan fingerprint density at radius 2 is 1.96 bits per heavy atom. The number of nitrogens with one attached hydrogen (secondary N) is 1. The number of amides is 1. The maximum Gasteiger partial charge on any atom is 0.265 e. The van der Waals surface area contributed by atoms with Crippen molar-refractivity contribution in [1.82, 2.24) is 15.2 Å². The lowest BCUT2D eigenvalue weighted by Crippen LogP contribution is -2.39. The highest BCUT2D eigenvalue weighted by atomic mass is 35.5. The van der Waals surface area contributed by atoms with Crippen molar-refractivity contribution in [2.45, 2.75) is 46.5 Å². The first-order chi connectivity index (χ1) is 10.5. The van der Waals surface area contributed by atoms with Crippen molar-refractivity contribution in [3.8, 4) is 0 Å². The highest BCUT2D eigenvalue weighted by Gasteiger charge is 2.26. The summed E-state index contributed by atoms with van der Waals surface area (Å²) in [4.78, 5) is 20.3. The van der Waals surface area contributed by atoms with Gasteiger partial charge in [0.15, 0.2) is 0 Å². The number of nitrogens with zero attached hydrogens (tertiary/aromatic N) is 2. The third-order valence-corrected chi connectivity index (χ3v) is 5.31. The minimum atomic E-state index is 0. The molecule has 7 heteroatoms. The summed E-state index contributed by atoms with van der Waals surface area (Å²) < 4.78 is 0. The number of carbonyl (C=O) groups excluding carboxylic acids is 1. The quantitative estimate of drug-likeness (QED) is 0.792. The molecule has 1 aliphatic rings. The predicted octanol–water partition coefficient (Wildman–Crippen LogP) is 3.96. The van der Waals surface area contributed by atoms with E-state index in [1.807, 2.05) is 18.9 Å². The van der Waals surface area contributed by atoms with Crippen molar-refractivity contribution in [3.63, 3.8) is 0 Å². The zero-order valence-electron chi connectivity index (χ0n) is 15.1. The predicted molar refractivity (Wildman–Crippen MR) is 107 cm³/mol. The van der Waals surface area contributed by atoms with Gasteiger partial charge in [-0.2, -0.15) is 0 Å². The molecule has 0 bridgehead atoms. The van der Waals surface area contributed by atoms with Gasteiger partial charge >= 0.3 is 0 Å². The number of rotatable bonds is 6. The molecule has 0 radical (unpaired) electrons. The van der Waals surface area contributed by atoms with Gasteiger partial charge in [-0.25, -0.2) is 4.98 Å². The standard InChI is InChI=1S/C17H29N3OS.2ClH/c1-12(2)11-15-16(22-13(3)19-15)17(21)20-9-6-14(7-10-20)5-8-18-4;;/h12,14,18H,5-11H2,1-4H3;2*1H. The topological polar surface area (TPSA) is 45.2 Å². The number of aromatic nitrogens is 1. The summed E-state index contributed by atoms with van der Waals surface area (Å²) in [5.41, 5.74) is 1.000. The van der Waals surface area contributed by atoms with E-state index in [-0.39, 0.29) is 30.7 Å². The molecule has 4 nitrogen and oxygen atoms in total. The number of carbonyl (C=O) groups is 1. The Kier molecular flexibility index (Phi) is 11.1. The van der Waals surface area contributed by atoms with Gasteiger partial charge in [0.1, 0.15) is 4.88 Å². The SMILES string of the molecule is CNCCC1CCN(C(=O)c2sc(C)nc2CC(C)C)CC1.Cl.Cl. The third-order valence-electron chi connectivity index (χ3n) is 4.30. The van der Waals surface area contributed by atoms with Crippen molar-refractivity contribution in [2.24, 2.45) is 11.8 Å². The average molecular weight is 396 g/mol. The van der Waals surface area contributed by atoms with E-state index < -0.39 is 0 Å². The Balaban J connectivity index is 0.00000264. The van der Waals surface area contributed by atoms with Gasteiger partial charge in [-0.3, -0.25) is 4.79 Å². The molecular formula is C17H31Cl2N3OS. The van der Waals surface area contributed by atoms with Crippen LogP contribution in [0.1, 0.15) is 53.5 Å². The summed E-state index contributed by atoms with van der Waals surface area (Å²) in [7, 11) is 2.00. The smallest absolute Gasteiger partial charge is 0.265 e. The van der Waals surface area contributed by atoms with Gasteiger partial charge in [-0.15, -0.1) is 36.2 Å². The van der Waals surface area contributed by atoms with Crippen LogP contribution in [0.5, 0.6) is 0 Å². The van der Waals surface area contributed by atoms with E-state index in [9.17, 15) is 4.79 Å². The summed E-state index contributed by atoms with van der Waals surface area (Å²) in [6, 6.07) is 0. The van der Waals surface area contributed by atoms with E-state index >= 15 is 0 Å². The van der Waals surface area contributed by atoms with Gasteiger partial charge in [0.25, 0.3) is 5.91 Å². The Bertz CT molecular complexity index is 500. The molecule has 1 aromatic rings. The van der Waals surface area contributed by atoms with Gasteiger partial charge < -0.3 is 10.2 Å². The number of halogens is 2. The Hall–Kier alpha value is -0.360. The lowest BCUT2D eigenvalue weighted by Gasteiger charge is -2.32. The molecule has 2 heterocycles. The van der Waals surface area contributed by atoms with E-state index in [4.69, 9.17) is 0 Å². The second-order valence-corrected chi connectivity index (χ2v) is 7.94. The first kappa shape index (κ1) is 23.6. The fourth-order valence-electron chi connectivity index (χ4n) is 3.08. The van der Waals surface area contributed by atoms with Crippen molar-refractivity contribution >= 4 is 42.1 Å². The molecule has 0 atom stereocenters. The fourth-order valence-corrected chi connectivity index (χ4v) is 3.99. The highest BCUT2D eigenvalue weighted by molar-refractivity contribution is 7.13. The second-order valence-electron chi connectivity index (χ2n) is 6.73. The van der Waals surface area contributed by atoms with Crippen LogP contribution in [-0.2, 0) is 6.42 Å². The van der Waals surface area contributed by atoms with Crippen LogP contribution >= 0.6 is 36.2 Å². The summed E-state index contributed by atoms with van der Waals surface area (Å²) in [5.74, 6) is 1.49. The first-order valence-corrected chi connectivity index (χ1v) is 9.23. The molecule has 0 aliphatic carbocycles. The number of likely N-dealkylation sites (tertiary alicyclic amines) is 1. The molecule has 1 N–H and O–H groups in total. The van der Waals surface area contributed by atoms with Crippen LogP contribution in [0.2, 0.25) is 0 Å². The molecule has 1 aromatic heterocycles. The first-order valence-electron chi connectivity index (χ1n) is 8.41. The molecule has 0 unspecified atom stereocenters. The van der Waals surface area contributed by atoms with Crippen molar-refractivity contribution < 1.29 is 4.79 Å². The van der Waals surface area contributed by atoms with E-state index in [1.54, 1.807) is 11.3 Å². The Morgan fingerprint density at radius 1 is 1.33 bits per heavy atom. The van der Waals surface area contributed by atoms with Gasteiger partial charge in [0, 0.05) is 13.1 Å². The third kappa shape index (κ3) is 6.51. The number of aryl methyl sites for hydroxylation is 1. The molecule has 0 spiro atoms. The molecule has 1 saturated heterocycles. The molecule has 24 heavy (non-hydrogen) atoms. The van der Waals surface area contributed by atoms with Crippen molar-refractivity contribution in [2.75, 3.05) is 26.7 Å². The average Bonchev–Trinajstić information content (AvgIpc) is 2.84. The number of thiazole rings is 1. The summed E-state index contributed by atoms with van der Waals surface area (Å²) >= 11 is 1.56. The van der Waals surface area contributed by atoms with Crippen molar-refractivity contribution in [1.29, 1.82) is 0 Å². The zero-order valence-corrected chi connectivity index (χ0v) is 17.6. The van der Waals surface area contributed by atoms with Crippen LogP contribution in [0, 0.1) is 18.8 Å². The highest BCUT2D eigenvalue weighted by Crippen LogP contribution is 2.26. The summed E-state index contributed by atoms with van der Waals surface area (Å²) in [6.45, 7) is 9.21. The van der Waals surface area contributed by atoms with Crippen LogP contribution in [0.15, 0.2) is 0 Å². The molecule has 140 valence electrons. The normalized spacial score (nSPS) is 15.1. The van der Waals surface area contributed by atoms with Crippen molar-refractivity contribution in [3.05, 3.63) is 15.6 Å². The zero-order chi connectivity index (χ0) is 16.1. The molecule has 0 saturated carbocycles. The van der Waals surface area contributed by atoms with E-state index in [0.29, 0.717) is 5.92 Å². The van der Waals surface area contributed by atoms with Crippen LogP contribution in [-0.4, -0.2) is 42.5 Å². The maximum atomic E-state index is 12.8. The minimum absolute atomic E-state index is 0. The van der Waals surface area contributed by atoms with Gasteiger partial charge in [0.2, 0.25) is 0 Å². The van der Waals surface area contributed by atoms with Crippen LogP contribution < -0.4 is 5.32 Å².